The number of alkyl halides is 1. The molecule has 1 amide bonds. The topological polar surface area (TPSA) is 51.2 Å². The Labute approximate surface area is 106 Å². The highest BCUT2D eigenvalue weighted by molar-refractivity contribution is 6.18. The fourth-order valence-electron chi connectivity index (χ4n) is 1.36. The lowest BCUT2D eigenvalue weighted by Crippen LogP contribution is -2.40. The molecule has 5 heteroatoms. The number of aromatic nitrogens is 1. The number of carbonyl (C=O) groups excluding carboxylic acids is 1. The van der Waals surface area contributed by atoms with E-state index < -0.39 is 0 Å². The van der Waals surface area contributed by atoms with Crippen molar-refractivity contribution in [3.05, 3.63) is 23.9 Å². The Hall–Kier alpha value is -1.29. The molecule has 1 N–H and O–H groups in total. The number of methoxy groups -OCH3 is 1. The van der Waals surface area contributed by atoms with Crippen molar-refractivity contribution in [2.75, 3.05) is 13.0 Å². The first-order valence-corrected chi connectivity index (χ1v) is 5.99. The van der Waals surface area contributed by atoms with Gasteiger partial charge in [0.1, 0.15) is 5.56 Å². The van der Waals surface area contributed by atoms with Gasteiger partial charge in [0.25, 0.3) is 5.91 Å². The van der Waals surface area contributed by atoms with E-state index in [1.807, 2.05) is 13.8 Å². The first-order valence-electron chi connectivity index (χ1n) is 5.46. The number of ether oxygens (including phenoxy) is 1. The Kier molecular flexibility index (Phi) is 5.22. The Morgan fingerprint density at radius 3 is 2.82 bits per heavy atom. The predicted molar refractivity (Wildman–Crippen MR) is 67.6 cm³/mol. The number of hydrogen-bond acceptors (Lipinski definition) is 3. The number of nitrogens with zero attached hydrogens (tertiary/aromatic N) is 1. The van der Waals surface area contributed by atoms with Crippen LogP contribution in [0.15, 0.2) is 18.3 Å². The van der Waals surface area contributed by atoms with E-state index in [0.29, 0.717) is 17.3 Å². The number of pyridine rings is 1. The zero-order chi connectivity index (χ0) is 12.8. The summed E-state index contributed by atoms with van der Waals surface area (Å²) >= 11 is 5.81. The highest BCUT2D eigenvalue weighted by Crippen LogP contribution is 2.14. The molecule has 1 aromatic rings. The molecule has 94 valence electrons. The molecule has 4 nitrogen and oxygen atoms in total. The minimum absolute atomic E-state index is 0.0610. The van der Waals surface area contributed by atoms with E-state index in [1.54, 1.807) is 18.3 Å². The average Bonchev–Trinajstić information content (AvgIpc) is 2.35. The molecule has 1 rings (SSSR count). The summed E-state index contributed by atoms with van der Waals surface area (Å²) in [5, 5.41) is 2.87. The van der Waals surface area contributed by atoms with Crippen LogP contribution >= 0.6 is 11.6 Å². The maximum atomic E-state index is 12.0. The van der Waals surface area contributed by atoms with Crippen molar-refractivity contribution in [1.82, 2.24) is 10.3 Å². The number of amides is 1. The third-order valence-electron chi connectivity index (χ3n) is 2.50. The fraction of sp³-hybridized carbons (Fsp3) is 0.500. The lowest BCUT2D eigenvalue weighted by Gasteiger charge is -2.20. The van der Waals surface area contributed by atoms with E-state index >= 15 is 0 Å². The third kappa shape index (κ3) is 3.60. The molecule has 1 unspecified atom stereocenters. The van der Waals surface area contributed by atoms with Crippen LogP contribution in [0, 0.1) is 5.92 Å². The van der Waals surface area contributed by atoms with Gasteiger partial charge in [0.05, 0.1) is 7.11 Å². The standard InChI is InChI=1S/C12H17ClN2O2/c1-8(2)10(7-13)15-11(16)9-5-4-6-14-12(9)17-3/h4-6,8,10H,7H2,1-3H3,(H,15,16). The van der Waals surface area contributed by atoms with E-state index in [0.717, 1.165) is 0 Å². The number of rotatable bonds is 5. The minimum Gasteiger partial charge on any atom is -0.480 e. The molecule has 1 atom stereocenters. The molecule has 0 spiro atoms. The molecule has 1 aromatic heterocycles. The van der Waals surface area contributed by atoms with Crippen LogP contribution < -0.4 is 10.1 Å². The van der Waals surface area contributed by atoms with Crippen molar-refractivity contribution < 1.29 is 9.53 Å². The van der Waals surface area contributed by atoms with Gasteiger partial charge in [0, 0.05) is 18.1 Å². The van der Waals surface area contributed by atoms with Gasteiger partial charge in [-0.1, -0.05) is 13.8 Å². The van der Waals surface area contributed by atoms with Crippen LogP contribution in [0.5, 0.6) is 5.88 Å². The molecule has 0 bridgehead atoms. The van der Waals surface area contributed by atoms with Crippen LogP contribution in [-0.4, -0.2) is 29.9 Å². The number of halogens is 1. The summed E-state index contributed by atoms with van der Waals surface area (Å²) in [5.41, 5.74) is 0.422. The molecular weight excluding hydrogens is 240 g/mol. The number of nitrogens with one attached hydrogen (secondary N) is 1. The van der Waals surface area contributed by atoms with Gasteiger partial charge in [-0.25, -0.2) is 4.98 Å². The summed E-state index contributed by atoms with van der Waals surface area (Å²) in [6.07, 6.45) is 1.58. The summed E-state index contributed by atoms with van der Waals surface area (Å²) in [6, 6.07) is 3.31. The Balaban J connectivity index is 2.82. The maximum Gasteiger partial charge on any atom is 0.257 e. The molecule has 1 heterocycles. The van der Waals surface area contributed by atoms with Crippen LogP contribution in [-0.2, 0) is 0 Å². The lowest BCUT2D eigenvalue weighted by atomic mass is 10.1. The van der Waals surface area contributed by atoms with E-state index in [2.05, 4.69) is 10.3 Å². The van der Waals surface area contributed by atoms with E-state index in [1.165, 1.54) is 7.11 Å². The van der Waals surface area contributed by atoms with E-state index in [9.17, 15) is 4.79 Å². The lowest BCUT2D eigenvalue weighted by molar-refractivity contribution is 0.0927. The van der Waals surface area contributed by atoms with Gasteiger partial charge in [-0.05, 0) is 18.1 Å². The molecular formula is C12H17ClN2O2. The molecule has 0 saturated heterocycles. The van der Waals surface area contributed by atoms with Gasteiger partial charge < -0.3 is 10.1 Å². The van der Waals surface area contributed by atoms with Gasteiger partial charge in [0.2, 0.25) is 5.88 Å². The van der Waals surface area contributed by atoms with Crippen molar-refractivity contribution in [3.8, 4) is 5.88 Å². The monoisotopic (exact) mass is 256 g/mol. The smallest absolute Gasteiger partial charge is 0.257 e. The highest BCUT2D eigenvalue weighted by atomic mass is 35.5. The molecule has 0 aliphatic rings. The number of carbonyl (C=O) groups is 1. The second kappa shape index (κ2) is 6.45. The molecule has 0 saturated carbocycles. The summed E-state index contributed by atoms with van der Waals surface area (Å²) in [5.74, 6) is 0.766. The zero-order valence-electron chi connectivity index (χ0n) is 10.2. The quantitative estimate of drug-likeness (QED) is 0.821. The molecule has 0 fully saturated rings. The zero-order valence-corrected chi connectivity index (χ0v) is 11.0. The van der Waals surface area contributed by atoms with Gasteiger partial charge >= 0.3 is 0 Å². The van der Waals surface area contributed by atoms with Crippen molar-refractivity contribution in [2.45, 2.75) is 19.9 Å². The summed E-state index contributed by atoms with van der Waals surface area (Å²) in [6.45, 7) is 4.02. The van der Waals surface area contributed by atoms with Crippen LogP contribution in [0.2, 0.25) is 0 Å². The molecule has 0 aromatic carbocycles. The van der Waals surface area contributed by atoms with Gasteiger partial charge in [-0.2, -0.15) is 0 Å². The first-order chi connectivity index (χ1) is 8.10. The maximum absolute atomic E-state index is 12.0. The first kappa shape index (κ1) is 13.8. The van der Waals surface area contributed by atoms with Gasteiger partial charge in [-0.3, -0.25) is 4.79 Å². The van der Waals surface area contributed by atoms with Crippen LogP contribution in [0.1, 0.15) is 24.2 Å². The molecule has 0 aliphatic heterocycles. The predicted octanol–water partition coefficient (Wildman–Crippen LogP) is 2.08. The van der Waals surface area contributed by atoms with Crippen LogP contribution in [0.25, 0.3) is 0 Å². The Morgan fingerprint density at radius 2 is 2.29 bits per heavy atom. The average molecular weight is 257 g/mol. The molecule has 0 radical (unpaired) electrons. The van der Waals surface area contributed by atoms with Crippen molar-refractivity contribution in [3.63, 3.8) is 0 Å². The molecule has 17 heavy (non-hydrogen) atoms. The Bertz CT molecular complexity index is 383. The highest BCUT2D eigenvalue weighted by Gasteiger charge is 2.18. The van der Waals surface area contributed by atoms with Crippen LogP contribution in [0.4, 0.5) is 0 Å². The second-order valence-electron chi connectivity index (χ2n) is 4.04. The summed E-state index contributed by atoms with van der Waals surface area (Å²) in [4.78, 5) is 16.0. The van der Waals surface area contributed by atoms with E-state index in [4.69, 9.17) is 16.3 Å². The summed E-state index contributed by atoms with van der Waals surface area (Å²) in [7, 11) is 1.49. The second-order valence-corrected chi connectivity index (χ2v) is 4.35. The van der Waals surface area contributed by atoms with Crippen molar-refractivity contribution in [2.24, 2.45) is 5.92 Å². The minimum atomic E-state index is -0.214. The third-order valence-corrected chi connectivity index (χ3v) is 2.83. The van der Waals surface area contributed by atoms with Gasteiger partial charge in [-0.15, -0.1) is 11.6 Å². The largest absolute Gasteiger partial charge is 0.480 e. The number of hydrogen-bond donors (Lipinski definition) is 1. The normalized spacial score (nSPS) is 12.3. The van der Waals surface area contributed by atoms with Crippen molar-refractivity contribution in [1.29, 1.82) is 0 Å². The Morgan fingerprint density at radius 1 is 1.59 bits per heavy atom. The van der Waals surface area contributed by atoms with E-state index in [-0.39, 0.29) is 17.9 Å². The van der Waals surface area contributed by atoms with Crippen molar-refractivity contribution >= 4 is 17.5 Å². The van der Waals surface area contributed by atoms with Crippen LogP contribution in [0.3, 0.4) is 0 Å². The fourth-order valence-corrected chi connectivity index (χ4v) is 1.79. The summed E-state index contributed by atoms with van der Waals surface area (Å²) < 4.78 is 5.04. The molecule has 0 aliphatic carbocycles. The van der Waals surface area contributed by atoms with Gasteiger partial charge in [0.15, 0.2) is 0 Å². The SMILES string of the molecule is COc1ncccc1C(=O)NC(CCl)C(C)C.